The van der Waals surface area contributed by atoms with Crippen LogP contribution in [0.2, 0.25) is 0 Å². The van der Waals surface area contributed by atoms with Crippen LogP contribution in [0.5, 0.6) is 0 Å². The van der Waals surface area contributed by atoms with Gasteiger partial charge in [-0.25, -0.2) is 8.91 Å². The Hall–Kier alpha value is -2.28. The fraction of sp³-hybridized carbons (Fsp3) is 0.389. The first-order valence-corrected chi connectivity index (χ1v) is 9.46. The van der Waals surface area contributed by atoms with Crippen molar-refractivity contribution in [3.05, 3.63) is 41.2 Å². The summed E-state index contributed by atoms with van der Waals surface area (Å²) in [5, 5.41) is 9.45. The summed E-state index contributed by atoms with van der Waals surface area (Å²) in [4.78, 5) is 17.2. The van der Waals surface area contributed by atoms with E-state index < -0.39 is 0 Å². The van der Waals surface area contributed by atoms with E-state index in [9.17, 15) is 9.18 Å². The Kier molecular flexibility index (Phi) is 4.48. The number of nitrogens with zero attached hydrogens (tertiary/aromatic N) is 3. The molecule has 4 rings (SSSR count). The van der Waals surface area contributed by atoms with Crippen LogP contribution in [0.15, 0.2) is 29.6 Å². The molecule has 5 nitrogen and oxygen atoms in total. The molecule has 0 atom stereocenters. The van der Waals surface area contributed by atoms with Gasteiger partial charge in [-0.2, -0.15) is 4.98 Å². The zero-order valence-electron chi connectivity index (χ0n) is 13.7. The van der Waals surface area contributed by atoms with E-state index in [2.05, 4.69) is 15.4 Å². The number of hydrogen-bond donors (Lipinski definition) is 1. The molecule has 0 radical (unpaired) electrons. The molecule has 3 aromatic rings. The molecule has 1 amide bonds. The minimum Gasteiger partial charge on any atom is -0.355 e. The zero-order chi connectivity index (χ0) is 17.2. The average Bonchev–Trinajstić information content (AvgIpc) is 3.33. The molecule has 0 unspecified atom stereocenters. The average molecular weight is 358 g/mol. The van der Waals surface area contributed by atoms with Crippen molar-refractivity contribution in [2.45, 2.75) is 32.1 Å². The van der Waals surface area contributed by atoms with Crippen molar-refractivity contribution in [2.24, 2.45) is 5.92 Å². The van der Waals surface area contributed by atoms with Crippen molar-refractivity contribution in [3.63, 3.8) is 0 Å². The van der Waals surface area contributed by atoms with Crippen molar-refractivity contribution >= 4 is 22.2 Å². The van der Waals surface area contributed by atoms with E-state index in [0.717, 1.165) is 36.3 Å². The van der Waals surface area contributed by atoms with Crippen LogP contribution in [0.3, 0.4) is 0 Å². The molecule has 1 N–H and O–H groups in total. The first-order chi connectivity index (χ1) is 12.2. The van der Waals surface area contributed by atoms with Gasteiger partial charge in [-0.3, -0.25) is 4.79 Å². The maximum atomic E-state index is 13.9. The summed E-state index contributed by atoms with van der Waals surface area (Å²) in [5.74, 6) is 0.406. The summed E-state index contributed by atoms with van der Waals surface area (Å²) in [7, 11) is 0. The molecule has 1 fully saturated rings. The highest BCUT2D eigenvalue weighted by atomic mass is 32.1. The second-order valence-corrected chi connectivity index (χ2v) is 7.20. The van der Waals surface area contributed by atoms with Gasteiger partial charge in [-0.05, 0) is 25.0 Å². The van der Waals surface area contributed by atoms with Gasteiger partial charge in [0.25, 0.3) is 0 Å². The second kappa shape index (κ2) is 6.92. The Morgan fingerprint density at radius 3 is 2.92 bits per heavy atom. The quantitative estimate of drug-likeness (QED) is 0.760. The lowest BCUT2D eigenvalue weighted by Crippen LogP contribution is -2.31. The third kappa shape index (κ3) is 3.28. The van der Waals surface area contributed by atoms with Crippen LogP contribution in [0, 0.1) is 11.7 Å². The number of aromatic nitrogens is 3. The minimum absolute atomic E-state index is 0.162. The molecule has 0 spiro atoms. The summed E-state index contributed by atoms with van der Waals surface area (Å²) < 4.78 is 15.7. The number of halogens is 1. The smallest absolute Gasteiger partial charge is 0.223 e. The van der Waals surface area contributed by atoms with Crippen molar-refractivity contribution < 1.29 is 9.18 Å². The molecule has 2 heterocycles. The van der Waals surface area contributed by atoms with Gasteiger partial charge in [0.05, 0.1) is 11.3 Å². The molecule has 1 saturated carbocycles. The fourth-order valence-electron chi connectivity index (χ4n) is 3.30. The largest absolute Gasteiger partial charge is 0.355 e. The molecule has 1 aliphatic rings. The first kappa shape index (κ1) is 16.2. The molecule has 130 valence electrons. The summed E-state index contributed by atoms with van der Waals surface area (Å²) in [6.07, 6.45) is 4.99. The lowest BCUT2D eigenvalue weighted by atomic mass is 10.1. The number of carbonyl (C=O) groups is 1. The number of benzene rings is 1. The predicted octanol–water partition coefficient (Wildman–Crippen LogP) is 3.45. The van der Waals surface area contributed by atoms with Crippen LogP contribution in [0.1, 0.15) is 31.4 Å². The zero-order valence-corrected chi connectivity index (χ0v) is 14.6. The van der Waals surface area contributed by atoms with E-state index >= 15 is 0 Å². The number of nitrogens with one attached hydrogen (secondary N) is 1. The number of fused-ring (bicyclic) bond motifs is 1. The number of amides is 1. The van der Waals surface area contributed by atoms with Crippen LogP contribution in [-0.2, 0) is 11.2 Å². The molecular formula is C18H19FN4OS. The van der Waals surface area contributed by atoms with Crippen LogP contribution in [0.25, 0.3) is 16.3 Å². The first-order valence-electron chi connectivity index (χ1n) is 8.58. The predicted molar refractivity (Wildman–Crippen MR) is 94.9 cm³/mol. The monoisotopic (exact) mass is 358 g/mol. The Morgan fingerprint density at radius 2 is 2.12 bits per heavy atom. The number of rotatable bonds is 5. The van der Waals surface area contributed by atoms with Gasteiger partial charge in [0.2, 0.25) is 10.9 Å². The molecule has 25 heavy (non-hydrogen) atoms. The van der Waals surface area contributed by atoms with Gasteiger partial charge in [-0.1, -0.05) is 25.0 Å². The van der Waals surface area contributed by atoms with Crippen molar-refractivity contribution in [1.29, 1.82) is 0 Å². The summed E-state index contributed by atoms with van der Waals surface area (Å²) in [6.45, 7) is 0.579. The Balaban J connectivity index is 1.45. The Morgan fingerprint density at radius 1 is 1.32 bits per heavy atom. The number of thiazole rings is 1. The van der Waals surface area contributed by atoms with Gasteiger partial charge in [0.15, 0.2) is 5.82 Å². The van der Waals surface area contributed by atoms with Crippen molar-refractivity contribution in [3.8, 4) is 11.4 Å². The van der Waals surface area contributed by atoms with E-state index in [1.165, 1.54) is 17.4 Å². The van der Waals surface area contributed by atoms with Crippen molar-refractivity contribution in [1.82, 2.24) is 19.9 Å². The van der Waals surface area contributed by atoms with Crippen molar-refractivity contribution in [2.75, 3.05) is 6.54 Å². The van der Waals surface area contributed by atoms with Gasteiger partial charge < -0.3 is 5.32 Å². The van der Waals surface area contributed by atoms with Crippen LogP contribution < -0.4 is 5.32 Å². The van der Waals surface area contributed by atoms with Gasteiger partial charge >= 0.3 is 0 Å². The lowest BCUT2D eigenvalue weighted by Gasteiger charge is -2.09. The van der Waals surface area contributed by atoms with E-state index in [0.29, 0.717) is 24.4 Å². The molecule has 0 aliphatic heterocycles. The minimum atomic E-state index is -0.328. The highest BCUT2D eigenvalue weighted by molar-refractivity contribution is 7.15. The molecule has 0 bridgehead atoms. The molecular weight excluding hydrogens is 339 g/mol. The topological polar surface area (TPSA) is 59.3 Å². The maximum absolute atomic E-state index is 13.9. The molecule has 1 aromatic carbocycles. The third-order valence-corrected chi connectivity index (χ3v) is 5.54. The molecule has 7 heteroatoms. The van der Waals surface area contributed by atoms with Crippen LogP contribution >= 0.6 is 11.3 Å². The highest BCUT2D eigenvalue weighted by Crippen LogP contribution is 2.25. The van der Waals surface area contributed by atoms with E-state index in [4.69, 9.17) is 0 Å². The normalized spacial score (nSPS) is 15.1. The van der Waals surface area contributed by atoms with E-state index in [1.807, 2.05) is 5.38 Å². The molecule has 0 saturated heterocycles. The fourth-order valence-corrected chi connectivity index (χ4v) is 4.16. The van der Waals surface area contributed by atoms with Crippen LogP contribution in [0.4, 0.5) is 4.39 Å². The van der Waals surface area contributed by atoms with Gasteiger partial charge in [0, 0.05) is 24.3 Å². The molecule has 1 aliphatic carbocycles. The number of carbonyl (C=O) groups excluding carboxylic acids is 1. The van der Waals surface area contributed by atoms with E-state index in [1.54, 1.807) is 22.7 Å². The summed E-state index contributed by atoms with van der Waals surface area (Å²) in [6, 6.07) is 6.50. The van der Waals surface area contributed by atoms with Crippen LogP contribution in [-0.4, -0.2) is 27.0 Å². The van der Waals surface area contributed by atoms with Gasteiger partial charge in [-0.15, -0.1) is 16.4 Å². The summed E-state index contributed by atoms with van der Waals surface area (Å²) >= 11 is 1.47. The molecule has 2 aromatic heterocycles. The maximum Gasteiger partial charge on any atom is 0.223 e. The summed E-state index contributed by atoms with van der Waals surface area (Å²) in [5.41, 5.74) is 1.38. The Bertz CT molecular complexity index is 898. The van der Waals surface area contributed by atoms with E-state index in [-0.39, 0.29) is 17.6 Å². The standard InChI is InChI=1S/C18H19FN4OS/c19-15-8-4-3-7-14(15)16-21-18-23(22-16)13(11-25-18)9-10-20-17(24)12-5-1-2-6-12/h3-4,7-8,11-12H,1-2,5-6,9-10H2,(H,20,24). The third-order valence-electron chi connectivity index (χ3n) is 4.67. The SMILES string of the molecule is O=C(NCCc1csc2nc(-c3ccccc3F)nn12)C1CCCC1. The highest BCUT2D eigenvalue weighted by Gasteiger charge is 2.22. The Labute approximate surface area is 148 Å². The number of hydrogen-bond acceptors (Lipinski definition) is 4. The van der Waals surface area contributed by atoms with Gasteiger partial charge in [0.1, 0.15) is 5.82 Å². The lowest BCUT2D eigenvalue weighted by molar-refractivity contribution is -0.124. The second-order valence-electron chi connectivity index (χ2n) is 6.36.